The van der Waals surface area contributed by atoms with Crippen LogP contribution < -0.4 is 0 Å². The van der Waals surface area contributed by atoms with Gasteiger partial charge in [-0.2, -0.15) is 25.3 Å². The highest BCUT2D eigenvalue weighted by Crippen LogP contribution is 1.94. The molecule has 0 unspecified atom stereocenters. The van der Waals surface area contributed by atoms with Crippen LogP contribution in [0.25, 0.3) is 0 Å². The second kappa shape index (κ2) is 18.4. The summed E-state index contributed by atoms with van der Waals surface area (Å²) in [6.07, 6.45) is 5.09. The first kappa shape index (κ1) is 16.1. The number of hydrogen-bond donors (Lipinski definition) is 4. The lowest BCUT2D eigenvalue weighted by atomic mass is 10.3. The molecule has 0 radical (unpaired) electrons. The molecule has 0 rings (SSSR count). The number of aliphatic hydroxyl groups is 2. The van der Waals surface area contributed by atoms with E-state index in [1.807, 2.05) is 0 Å². The minimum atomic E-state index is 0.306. The van der Waals surface area contributed by atoms with Gasteiger partial charge in [-0.15, -0.1) is 0 Å². The molecule has 13 heavy (non-hydrogen) atoms. The summed E-state index contributed by atoms with van der Waals surface area (Å²) in [5.74, 6) is 1.83. The predicted molar refractivity (Wildman–Crippen MR) is 65.0 cm³/mol. The molecular formula is C9H22O2S2. The quantitative estimate of drug-likeness (QED) is 0.395. The lowest BCUT2D eigenvalue weighted by molar-refractivity contribution is 0.284. The van der Waals surface area contributed by atoms with Gasteiger partial charge in [0, 0.05) is 13.2 Å². The van der Waals surface area contributed by atoms with E-state index in [0.717, 1.165) is 43.6 Å². The normalized spacial score (nSPS) is 9.23. The Morgan fingerprint density at radius 2 is 1.00 bits per heavy atom. The van der Waals surface area contributed by atoms with Crippen molar-refractivity contribution in [3.8, 4) is 0 Å². The minimum absolute atomic E-state index is 0.306. The zero-order chi connectivity index (χ0) is 10.4. The largest absolute Gasteiger partial charge is 0.396 e. The highest BCUT2D eigenvalue weighted by Gasteiger charge is 1.81. The third-order valence-corrected chi connectivity index (χ3v) is 2.01. The summed E-state index contributed by atoms with van der Waals surface area (Å²) in [5.41, 5.74) is 0. The van der Waals surface area contributed by atoms with E-state index in [-0.39, 0.29) is 0 Å². The van der Waals surface area contributed by atoms with Crippen LogP contribution in [-0.2, 0) is 0 Å². The molecular weight excluding hydrogens is 204 g/mol. The first-order valence-electron chi connectivity index (χ1n) is 4.76. The van der Waals surface area contributed by atoms with Crippen LogP contribution in [0.1, 0.15) is 32.1 Å². The maximum atomic E-state index is 8.27. The smallest absolute Gasteiger partial charge is 0.0431 e. The van der Waals surface area contributed by atoms with Crippen molar-refractivity contribution in [1.29, 1.82) is 0 Å². The number of thiol groups is 2. The zero-order valence-electron chi connectivity index (χ0n) is 8.15. The Bertz CT molecular complexity index is 64.6. The maximum absolute atomic E-state index is 8.27. The molecule has 2 N–H and O–H groups in total. The molecule has 0 fully saturated rings. The molecule has 0 bridgehead atoms. The third kappa shape index (κ3) is 24.5. The van der Waals surface area contributed by atoms with Gasteiger partial charge < -0.3 is 10.2 Å². The lowest BCUT2D eigenvalue weighted by Gasteiger charge is -1.90. The predicted octanol–water partition coefficient (Wildman–Crippen LogP) is 1.77. The van der Waals surface area contributed by atoms with Crippen LogP contribution in [0.5, 0.6) is 0 Å². The fourth-order valence-corrected chi connectivity index (χ4v) is 1.07. The van der Waals surface area contributed by atoms with Crippen LogP contribution in [0.3, 0.4) is 0 Å². The Morgan fingerprint density at radius 1 is 0.615 bits per heavy atom. The standard InChI is InChI=1S/C5H12OS.C4H10OS/c6-4-2-1-3-5-7;5-3-1-2-4-6/h6-7H,1-5H2;5-6H,1-4H2. The van der Waals surface area contributed by atoms with Crippen LogP contribution in [0.4, 0.5) is 0 Å². The van der Waals surface area contributed by atoms with Gasteiger partial charge in [-0.05, 0) is 37.2 Å². The van der Waals surface area contributed by atoms with E-state index < -0.39 is 0 Å². The highest BCUT2D eigenvalue weighted by atomic mass is 32.1. The fourth-order valence-electron chi connectivity index (χ4n) is 0.624. The van der Waals surface area contributed by atoms with Crippen molar-refractivity contribution in [3.63, 3.8) is 0 Å². The first-order chi connectivity index (χ1) is 6.33. The van der Waals surface area contributed by atoms with E-state index in [1.165, 1.54) is 0 Å². The summed E-state index contributed by atoms with van der Waals surface area (Å²) in [5, 5.41) is 16.4. The average molecular weight is 226 g/mol. The number of rotatable bonds is 7. The highest BCUT2D eigenvalue weighted by molar-refractivity contribution is 7.80. The van der Waals surface area contributed by atoms with E-state index in [4.69, 9.17) is 10.2 Å². The van der Waals surface area contributed by atoms with Crippen molar-refractivity contribution in [2.24, 2.45) is 0 Å². The Balaban J connectivity index is 0. The van der Waals surface area contributed by atoms with Gasteiger partial charge in [0.15, 0.2) is 0 Å². The Hall–Kier alpha value is 0.620. The van der Waals surface area contributed by atoms with E-state index in [2.05, 4.69) is 25.3 Å². The van der Waals surface area contributed by atoms with E-state index in [0.29, 0.717) is 13.2 Å². The van der Waals surface area contributed by atoms with Gasteiger partial charge in [0.25, 0.3) is 0 Å². The zero-order valence-corrected chi connectivity index (χ0v) is 9.94. The van der Waals surface area contributed by atoms with Crippen LogP contribution in [-0.4, -0.2) is 34.9 Å². The second-order valence-corrected chi connectivity index (χ2v) is 3.56. The van der Waals surface area contributed by atoms with E-state index >= 15 is 0 Å². The topological polar surface area (TPSA) is 40.5 Å². The molecule has 0 aromatic carbocycles. The van der Waals surface area contributed by atoms with Crippen molar-refractivity contribution < 1.29 is 10.2 Å². The third-order valence-electron chi connectivity index (χ3n) is 1.38. The summed E-state index contributed by atoms with van der Waals surface area (Å²) in [4.78, 5) is 0. The monoisotopic (exact) mass is 226 g/mol. The second-order valence-electron chi connectivity index (χ2n) is 2.66. The van der Waals surface area contributed by atoms with Crippen molar-refractivity contribution in [2.75, 3.05) is 24.7 Å². The van der Waals surface area contributed by atoms with Crippen LogP contribution in [0, 0.1) is 0 Å². The molecule has 0 spiro atoms. The molecule has 0 heterocycles. The average Bonchev–Trinajstić information content (AvgIpc) is 2.17. The molecule has 0 aliphatic carbocycles. The van der Waals surface area contributed by atoms with Gasteiger partial charge in [-0.1, -0.05) is 6.42 Å². The molecule has 0 saturated carbocycles. The van der Waals surface area contributed by atoms with Gasteiger partial charge in [-0.3, -0.25) is 0 Å². The van der Waals surface area contributed by atoms with Crippen molar-refractivity contribution in [1.82, 2.24) is 0 Å². The van der Waals surface area contributed by atoms with Gasteiger partial charge in [0.05, 0.1) is 0 Å². The molecule has 0 atom stereocenters. The minimum Gasteiger partial charge on any atom is -0.396 e. The van der Waals surface area contributed by atoms with E-state index in [1.54, 1.807) is 0 Å². The lowest BCUT2D eigenvalue weighted by Crippen LogP contribution is -1.82. The van der Waals surface area contributed by atoms with Gasteiger partial charge in [0.1, 0.15) is 0 Å². The van der Waals surface area contributed by atoms with Crippen LogP contribution in [0.15, 0.2) is 0 Å². The van der Waals surface area contributed by atoms with E-state index in [9.17, 15) is 0 Å². The molecule has 0 amide bonds. The molecule has 0 saturated heterocycles. The molecule has 4 heteroatoms. The molecule has 0 aromatic rings. The number of aliphatic hydroxyl groups excluding tert-OH is 2. The van der Waals surface area contributed by atoms with Crippen molar-refractivity contribution >= 4 is 25.3 Å². The van der Waals surface area contributed by atoms with Gasteiger partial charge in [0.2, 0.25) is 0 Å². The van der Waals surface area contributed by atoms with Gasteiger partial charge >= 0.3 is 0 Å². The maximum Gasteiger partial charge on any atom is 0.0431 e. The number of unbranched alkanes of at least 4 members (excludes halogenated alkanes) is 3. The first-order valence-corrected chi connectivity index (χ1v) is 6.03. The molecule has 0 aliphatic rings. The Labute approximate surface area is 92.6 Å². The van der Waals surface area contributed by atoms with Crippen molar-refractivity contribution in [2.45, 2.75) is 32.1 Å². The Kier molecular flexibility index (Phi) is 22.8. The van der Waals surface area contributed by atoms with Gasteiger partial charge in [-0.25, -0.2) is 0 Å². The fraction of sp³-hybridized carbons (Fsp3) is 1.00. The molecule has 0 aliphatic heterocycles. The Morgan fingerprint density at radius 3 is 1.31 bits per heavy atom. The number of hydrogen-bond acceptors (Lipinski definition) is 4. The molecule has 2 nitrogen and oxygen atoms in total. The summed E-state index contributed by atoms with van der Waals surface area (Å²) >= 11 is 7.96. The SMILES string of the molecule is OCCCCCS.OCCCCS. The van der Waals surface area contributed by atoms with Crippen LogP contribution in [0.2, 0.25) is 0 Å². The van der Waals surface area contributed by atoms with Crippen molar-refractivity contribution in [3.05, 3.63) is 0 Å². The summed E-state index contributed by atoms with van der Waals surface area (Å²) in [7, 11) is 0. The molecule has 0 aromatic heterocycles. The molecule has 82 valence electrons. The summed E-state index contributed by atoms with van der Waals surface area (Å²) < 4.78 is 0. The summed E-state index contributed by atoms with van der Waals surface area (Å²) in [6, 6.07) is 0. The van der Waals surface area contributed by atoms with Crippen LogP contribution >= 0.6 is 25.3 Å². The summed E-state index contributed by atoms with van der Waals surface area (Å²) in [6.45, 7) is 0.633.